The quantitative estimate of drug-likeness (QED) is 0.483. The van der Waals surface area contributed by atoms with E-state index in [2.05, 4.69) is 22.4 Å². The number of nitro benzene ring substituents is 1. The molecule has 0 atom stereocenters. The fraction of sp³-hybridized carbons (Fsp3) is 0.429. The van der Waals surface area contributed by atoms with Gasteiger partial charge < -0.3 is 5.32 Å². The fourth-order valence-electron chi connectivity index (χ4n) is 1.96. The summed E-state index contributed by atoms with van der Waals surface area (Å²) >= 11 is 1.49. The molecule has 2 rings (SSSR count). The zero-order chi connectivity index (χ0) is 15.2. The molecule has 0 radical (unpaired) electrons. The van der Waals surface area contributed by atoms with Crippen LogP contribution in [0.25, 0.3) is 10.6 Å². The van der Waals surface area contributed by atoms with Gasteiger partial charge >= 0.3 is 0 Å². The summed E-state index contributed by atoms with van der Waals surface area (Å²) in [6.07, 6.45) is 1.93. The number of nitro groups is 1. The van der Waals surface area contributed by atoms with Gasteiger partial charge in [0.15, 0.2) is 0 Å². The third-order valence-electron chi connectivity index (χ3n) is 2.93. The Labute approximate surface area is 127 Å². The molecule has 1 aromatic heterocycles. The Morgan fingerprint density at radius 2 is 2.10 bits per heavy atom. The van der Waals surface area contributed by atoms with Crippen LogP contribution in [-0.4, -0.2) is 28.2 Å². The number of aryl methyl sites for hydroxylation is 1. The minimum atomic E-state index is -0.382. The molecular weight excluding hydrogens is 288 g/mol. The van der Waals surface area contributed by atoms with Crippen LogP contribution in [0, 0.1) is 17.0 Å². The van der Waals surface area contributed by atoms with E-state index in [1.165, 1.54) is 11.3 Å². The normalized spacial score (nSPS) is 10.8. The predicted molar refractivity (Wildman–Crippen MR) is 83.6 cm³/mol. The highest BCUT2D eigenvalue weighted by molar-refractivity contribution is 7.14. The summed E-state index contributed by atoms with van der Waals surface area (Å²) in [7, 11) is 0. The van der Waals surface area contributed by atoms with Gasteiger partial charge in [-0.3, -0.25) is 10.1 Å². The van der Waals surface area contributed by atoms with E-state index in [4.69, 9.17) is 0 Å². The second kappa shape index (κ2) is 7.24. The summed E-state index contributed by atoms with van der Waals surface area (Å²) in [5, 5.41) is 24.2. The van der Waals surface area contributed by atoms with Crippen molar-refractivity contribution in [1.82, 2.24) is 15.5 Å². The first-order chi connectivity index (χ1) is 10.1. The summed E-state index contributed by atoms with van der Waals surface area (Å²) in [5.74, 6) is 0. The lowest BCUT2D eigenvalue weighted by Crippen LogP contribution is -2.17. The molecule has 0 aliphatic carbocycles. The van der Waals surface area contributed by atoms with Gasteiger partial charge in [-0.25, -0.2) is 0 Å². The zero-order valence-corrected chi connectivity index (χ0v) is 12.9. The molecule has 0 saturated heterocycles. The van der Waals surface area contributed by atoms with E-state index >= 15 is 0 Å². The van der Waals surface area contributed by atoms with Gasteiger partial charge in [0.05, 0.1) is 4.92 Å². The lowest BCUT2D eigenvalue weighted by Gasteiger charge is -1.99. The molecule has 0 bridgehead atoms. The van der Waals surface area contributed by atoms with Crippen molar-refractivity contribution in [3.05, 3.63) is 38.9 Å². The minimum absolute atomic E-state index is 0.0892. The fourth-order valence-corrected chi connectivity index (χ4v) is 2.79. The molecule has 0 aliphatic heterocycles. The Balaban J connectivity index is 2.12. The van der Waals surface area contributed by atoms with E-state index in [1.54, 1.807) is 12.1 Å². The number of rotatable bonds is 7. The van der Waals surface area contributed by atoms with E-state index in [0.717, 1.165) is 47.1 Å². The monoisotopic (exact) mass is 306 g/mol. The van der Waals surface area contributed by atoms with Gasteiger partial charge in [-0.05, 0) is 31.5 Å². The second-order valence-electron chi connectivity index (χ2n) is 4.82. The summed E-state index contributed by atoms with van der Waals surface area (Å²) in [6.45, 7) is 5.83. The van der Waals surface area contributed by atoms with Crippen LogP contribution in [-0.2, 0) is 6.42 Å². The van der Waals surface area contributed by atoms with Gasteiger partial charge in [-0.1, -0.05) is 18.3 Å². The van der Waals surface area contributed by atoms with Crippen LogP contribution in [0.1, 0.15) is 23.9 Å². The summed E-state index contributed by atoms with van der Waals surface area (Å²) in [5.41, 5.74) is 1.69. The molecule has 1 aromatic carbocycles. The molecule has 7 heteroatoms. The van der Waals surface area contributed by atoms with Gasteiger partial charge in [0.2, 0.25) is 0 Å². The van der Waals surface area contributed by atoms with Gasteiger partial charge in [0, 0.05) is 30.7 Å². The molecule has 0 unspecified atom stereocenters. The largest absolute Gasteiger partial charge is 0.316 e. The average molecular weight is 306 g/mol. The van der Waals surface area contributed by atoms with E-state index < -0.39 is 0 Å². The van der Waals surface area contributed by atoms with Crippen LogP contribution in [0.15, 0.2) is 18.2 Å². The van der Waals surface area contributed by atoms with Crippen LogP contribution >= 0.6 is 11.3 Å². The van der Waals surface area contributed by atoms with E-state index in [-0.39, 0.29) is 10.6 Å². The second-order valence-corrected chi connectivity index (χ2v) is 5.88. The molecule has 1 N–H and O–H groups in total. The number of aromatic nitrogens is 2. The Morgan fingerprint density at radius 3 is 2.81 bits per heavy atom. The third-order valence-corrected chi connectivity index (χ3v) is 3.96. The van der Waals surface area contributed by atoms with Crippen LogP contribution in [0.5, 0.6) is 0 Å². The maximum Gasteiger partial charge on any atom is 0.270 e. The molecule has 1 heterocycles. The lowest BCUT2D eigenvalue weighted by molar-refractivity contribution is -0.384. The highest BCUT2D eigenvalue weighted by Gasteiger charge is 2.12. The molecule has 112 valence electrons. The highest BCUT2D eigenvalue weighted by Crippen LogP contribution is 2.28. The molecule has 0 fully saturated rings. The molecule has 0 aliphatic rings. The van der Waals surface area contributed by atoms with Gasteiger partial charge in [0.25, 0.3) is 5.69 Å². The van der Waals surface area contributed by atoms with Gasteiger partial charge in [-0.2, -0.15) is 0 Å². The molecule has 0 spiro atoms. The Bertz CT molecular complexity index is 627. The van der Waals surface area contributed by atoms with Crippen molar-refractivity contribution in [2.75, 3.05) is 13.1 Å². The number of hydrogen-bond acceptors (Lipinski definition) is 6. The van der Waals surface area contributed by atoms with Crippen molar-refractivity contribution >= 4 is 17.0 Å². The summed E-state index contributed by atoms with van der Waals surface area (Å²) in [4.78, 5) is 10.5. The SMILES string of the molecule is CCCNCCc1nnc(-c2cc(C)cc([N+](=O)[O-])c2)s1. The zero-order valence-electron chi connectivity index (χ0n) is 12.1. The summed E-state index contributed by atoms with van der Waals surface area (Å²) < 4.78 is 0. The van der Waals surface area contributed by atoms with Crippen molar-refractivity contribution in [3.8, 4) is 10.6 Å². The molecule has 0 saturated carbocycles. The number of nitrogens with one attached hydrogen (secondary N) is 1. The molecule has 0 amide bonds. The van der Waals surface area contributed by atoms with E-state index in [1.807, 2.05) is 13.0 Å². The molecule has 2 aromatic rings. The maximum atomic E-state index is 10.9. The predicted octanol–water partition coefficient (Wildman–Crippen LogP) is 2.96. The van der Waals surface area contributed by atoms with Crippen molar-refractivity contribution in [1.29, 1.82) is 0 Å². The highest BCUT2D eigenvalue weighted by atomic mass is 32.1. The van der Waals surface area contributed by atoms with Gasteiger partial charge in [0.1, 0.15) is 10.0 Å². The lowest BCUT2D eigenvalue weighted by atomic mass is 10.1. The Kier molecular flexibility index (Phi) is 5.35. The van der Waals surface area contributed by atoms with E-state index in [9.17, 15) is 10.1 Å². The molecular formula is C14H18N4O2S. The van der Waals surface area contributed by atoms with Crippen molar-refractivity contribution in [3.63, 3.8) is 0 Å². The van der Waals surface area contributed by atoms with Crippen LogP contribution in [0.3, 0.4) is 0 Å². The van der Waals surface area contributed by atoms with Crippen molar-refractivity contribution in [2.24, 2.45) is 0 Å². The van der Waals surface area contributed by atoms with Crippen molar-refractivity contribution in [2.45, 2.75) is 26.7 Å². The number of non-ortho nitro benzene ring substituents is 1. The third kappa shape index (κ3) is 4.30. The Morgan fingerprint density at radius 1 is 1.29 bits per heavy atom. The van der Waals surface area contributed by atoms with Gasteiger partial charge in [-0.15, -0.1) is 10.2 Å². The topological polar surface area (TPSA) is 81.0 Å². The number of hydrogen-bond donors (Lipinski definition) is 1. The van der Waals surface area contributed by atoms with E-state index in [0.29, 0.717) is 0 Å². The van der Waals surface area contributed by atoms with Crippen LogP contribution < -0.4 is 5.32 Å². The first-order valence-corrected chi connectivity index (χ1v) is 7.71. The maximum absolute atomic E-state index is 10.9. The number of nitrogens with zero attached hydrogens (tertiary/aromatic N) is 3. The standard InChI is InChI=1S/C14H18N4O2S/c1-3-5-15-6-4-13-16-17-14(21-13)11-7-10(2)8-12(9-11)18(19)20/h7-9,15H,3-6H2,1-2H3. The number of benzene rings is 1. The average Bonchev–Trinajstić information content (AvgIpc) is 2.92. The van der Waals surface area contributed by atoms with Crippen LogP contribution in [0.2, 0.25) is 0 Å². The first kappa shape index (κ1) is 15.5. The first-order valence-electron chi connectivity index (χ1n) is 6.89. The summed E-state index contributed by atoms with van der Waals surface area (Å²) in [6, 6.07) is 5.00. The Hall–Kier alpha value is -1.86. The molecule has 6 nitrogen and oxygen atoms in total. The van der Waals surface area contributed by atoms with Crippen LogP contribution in [0.4, 0.5) is 5.69 Å². The smallest absolute Gasteiger partial charge is 0.270 e. The van der Waals surface area contributed by atoms with Crippen molar-refractivity contribution < 1.29 is 4.92 Å². The minimum Gasteiger partial charge on any atom is -0.316 e. The molecule has 21 heavy (non-hydrogen) atoms.